The standard InChI is InChI=1S/C17H22N2O2S/c20-11-9-15(14-5-2-1-3-6-14)13-19-17(21)18-10-8-16-7-4-12-22-16/h1-7,12,15,20H,8-11,13H2,(H2,18,19,21). The highest BCUT2D eigenvalue weighted by Crippen LogP contribution is 2.18. The Morgan fingerprint density at radius 1 is 1.14 bits per heavy atom. The SMILES string of the molecule is O=C(NCCc1cccs1)NCC(CCO)c1ccccc1. The second-order valence-electron chi connectivity index (χ2n) is 5.09. The molecule has 5 heteroatoms. The van der Waals surface area contributed by atoms with Gasteiger partial charge in [0.25, 0.3) is 0 Å². The lowest BCUT2D eigenvalue weighted by Gasteiger charge is -2.17. The third-order valence-corrected chi connectivity index (χ3v) is 4.43. The smallest absolute Gasteiger partial charge is 0.314 e. The summed E-state index contributed by atoms with van der Waals surface area (Å²) in [5.74, 6) is 0.134. The highest BCUT2D eigenvalue weighted by atomic mass is 32.1. The number of aliphatic hydroxyl groups is 1. The average Bonchev–Trinajstić information content (AvgIpc) is 3.05. The van der Waals surface area contributed by atoms with Crippen molar-refractivity contribution in [2.24, 2.45) is 0 Å². The van der Waals surface area contributed by atoms with Gasteiger partial charge in [0, 0.05) is 30.5 Å². The van der Waals surface area contributed by atoms with Crippen LogP contribution in [0.4, 0.5) is 4.79 Å². The Morgan fingerprint density at radius 3 is 2.64 bits per heavy atom. The van der Waals surface area contributed by atoms with Crippen molar-refractivity contribution >= 4 is 17.4 Å². The maximum atomic E-state index is 11.8. The van der Waals surface area contributed by atoms with E-state index in [4.69, 9.17) is 0 Å². The summed E-state index contributed by atoms with van der Waals surface area (Å²) in [6.07, 6.45) is 1.49. The molecular weight excluding hydrogens is 296 g/mol. The molecule has 1 unspecified atom stereocenters. The normalized spacial score (nSPS) is 11.9. The van der Waals surface area contributed by atoms with Crippen LogP contribution in [-0.2, 0) is 6.42 Å². The Labute approximate surface area is 135 Å². The summed E-state index contributed by atoms with van der Waals surface area (Å²) in [6, 6.07) is 13.9. The number of hydrogen-bond donors (Lipinski definition) is 3. The van der Waals surface area contributed by atoms with Gasteiger partial charge in [-0.15, -0.1) is 11.3 Å². The lowest BCUT2D eigenvalue weighted by atomic mass is 9.96. The maximum absolute atomic E-state index is 11.8. The minimum atomic E-state index is -0.157. The van der Waals surface area contributed by atoms with Gasteiger partial charge in [-0.05, 0) is 29.9 Å². The monoisotopic (exact) mass is 318 g/mol. The molecule has 3 N–H and O–H groups in total. The Kier molecular flexibility index (Phi) is 6.93. The molecule has 1 heterocycles. The van der Waals surface area contributed by atoms with Gasteiger partial charge < -0.3 is 15.7 Å². The fourth-order valence-corrected chi connectivity index (χ4v) is 3.01. The minimum absolute atomic E-state index is 0.112. The van der Waals surface area contributed by atoms with Gasteiger partial charge in [0.15, 0.2) is 0 Å². The maximum Gasteiger partial charge on any atom is 0.314 e. The van der Waals surface area contributed by atoms with Gasteiger partial charge in [-0.1, -0.05) is 36.4 Å². The van der Waals surface area contributed by atoms with E-state index in [1.807, 2.05) is 41.8 Å². The van der Waals surface area contributed by atoms with Crippen molar-refractivity contribution in [2.75, 3.05) is 19.7 Å². The number of carbonyl (C=O) groups is 1. The molecule has 1 atom stereocenters. The summed E-state index contributed by atoms with van der Waals surface area (Å²) in [5, 5.41) is 17.0. The van der Waals surface area contributed by atoms with Gasteiger partial charge in [0.05, 0.1) is 0 Å². The zero-order valence-electron chi connectivity index (χ0n) is 12.5. The molecule has 0 spiro atoms. The lowest BCUT2D eigenvalue weighted by molar-refractivity contribution is 0.237. The van der Waals surface area contributed by atoms with Gasteiger partial charge in [-0.3, -0.25) is 0 Å². The number of urea groups is 1. The second-order valence-corrected chi connectivity index (χ2v) is 6.12. The van der Waals surface area contributed by atoms with Crippen molar-refractivity contribution in [3.8, 4) is 0 Å². The summed E-state index contributed by atoms with van der Waals surface area (Å²) in [4.78, 5) is 13.1. The second kappa shape index (κ2) is 9.23. The quantitative estimate of drug-likeness (QED) is 0.701. The van der Waals surface area contributed by atoms with Crippen LogP contribution in [0.25, 0.3) is 0 Å². The Morgan fingerprint density at radius 2 is 1.95 bits per heavy atom. The molecule has 1 aromatic carbocycles. The first kappa shape index (κ1) is 16.5. The predicted molar refractivity (Wildman–Crippen MR) is 90.3 cm³/mol. The van der Waals surface area contributed by atoms with Gasteiger partial charge >= 0.3 is 6.03 Å². The molecule has 0 fully saturated rings. The summed E-state index contributed by atoms with van der Waals surface area (Å²) in [5.41, 5.74) is 1.13. The van der Waals surface area contributed by atoms with Crippen LogP contribution in [0.5, 0.6) is 0 Å². The van der Waals surface area contributed by atoms with Crippen LogP contribution in [0.1, 0.15) is 22.8 Å². The number of aliphatic hydroxyl groups excluding tert-OH is 1. The molecule has 0 aliphatic carbocycles. The zero-order chi connectivity index (χ0) is 15.6. The van der Waals surface area contributed by atoms with Crippen LogP contribution in [-0.4, -0.2) is 30.8 Å². The van der Waals surface area contributed by atoms with Crippen LogP contribution in [0.15, 0.2) is 47.8 Å². The van der Waals surface area contributed by atoms with E-state index in [1.54, 1.807) is 11.3 Å². The Bertz CT molecular complexity index is 543. The van der Waals surface area contributed by atoms with Crippen molar-refractivity contribution in [3.05, 3.63) is 58.3 Å². The molecule has 0 bridgehead atoms. The first-order valence-corrected chi connectivity index (χ1v) is 8.37. The van der Waals surface area contributed by atoms with E-state index in [2.05, 4.69) is 16.7 Å². The van der Waals surface area contributed by atoms with E-state index >= 15 is 0 Å². The highest BCUT2D eigenvalue weighted by Gasteiger charge is 2.12. The van der Waals surface area contributed by atoms with E-state index in [9.17, 15) is 9.90 Å². The molecule has 118 valence electrons. The van der Waals surface area contributed by atoms with E-state index in [0.29, 0.717) is 19.5 Å². The molecule has 22 heavy (non-hydrogen) atoms. The van der Waals surface area contributed by atoms with Crippen LogP contribution in [0.2, 0.25) is 0 Å². The molecule has 0 aliphatic heterocycles. The highest BCUT2D eigenvalue weighted by molar-refractivity contribution is 7.09. The summed E-state index contributed by atoms with van der Waals surface area (Å²) >= 11 is 1.70. The van der Waals surface area contributed by atoms with Crippen molar-refractivity contribution in [1.82, 2.24) is 10.6 Å². The summed E-state index contributed by atoms with van der Waals surface area (Å²) < 4.78 is 0. The van der Waals surface area contributed by atoms with E-state index in [-0.39, 0.29) is 18.6 Å². The molecule has 1 aromatic heterocycles. The number of hydrogen-bond acceptors (Lipinski definition) is 3. The van der Waals surface area contributed by atoms with Crippen LogP contribution >= 0.6 is 11.3 Å². The Hall–Kier alpha value is -1.85. The average molecular weight is 318 g/mol. The topological polar surface area (TPSA) is 61.4 Å². The fraction of sp³-hybridized carbons (Fsp3) is 0.353. The molecule has 2 aromatic rings. The molecular formula is C17H22N2O2S. The number of carbonyl (C=O) groups excluding carboxylic acids is 1. The number of thiophene rings is 1. The number of rotatable bonds is 8. The zero-order valence-corrected chi connectivity index (χ0v) is 13.3. The first-order chi connectivity index (χ1) is 10.8. The van der Waals surface area contributed by atoms with Crippen molar-refractivity contribution < 1.29 is 9.90 Å². The molecule has 4 nitrogen and oxygen atoms in total. The van der Waals surface area contributed by atoms with Crippen LogP contribution in [0.3, 0.4) is 0 Å². The third-order valence-electron chi connectivity index (χ3n) is 3.49. The van der Waals surface area contributed by atoms with Gasteiger partial charge in [-0.2, -0.15) is 0 Å². The first-order valence-electron chi connectivity index (χ1n) is 7.49. The lowest BCUT2D eigenvalue weighted by Crippen LogP contribution is -2.38. The van der Waals surface area contributed by atoms with Crippen LogP contribution < -0.4 is 10.6 Å². The molecule has 2 rings (SSSR count). The Balaban J connectivity index is 1.73. The predicted octanol–water partition coefficient (Wildman–Crippen LogP) is 2.76. The van der Waals surface area contributed by atoms with E-state index in [1.165, 1.54) is 4.88 Å². The largest absolute Gasteiger partial charge is 0.396 e. The van der Waals surface area contributed by atoms with Crippen LogP contribution in [0, 0.1) is 0 Å². The molecule has 0 saturated heterocycles. The van der Waals surface area contributed by atoms with Gasteiger partial charge in [0.2, 0.25) is 0 Å². The molecule has 0 saturated carbocycles. The number of amides is 2. The minimum Gasteiger partial charge on any atom is -0.396 e. The molecule has 0 radical (unpaired) electrons. The number of benzene rings is 1. The summed E-state index contributed by atoms with van der Waals surface area (Å²) in [7, 11) is 0. The van der Waals surface area contributed by atoms with E-state index in [0.717, 1.165) is 12.0 Å². The van der Waals surface area contributed by atoms with Crippen molar-refractivity contribution in [3.63, 3.8) is 0 Å². The summed E-state index contributed by atoms with van der Waals surface area (Å²) in [6.45, 7) is 1.26. The number of nitrogens with one attached hydrogen (secondary N) is 2. The molecule has 2 amide bonds. The third kappa shape index (κ3) is 5.50. The van der Waals surface area contributed by atoms with Gasteiger partial charge in [0.1, 0.15) is 0 Å². The fourth-order valence-electron chi connectivity index (χ4n) is 2.30. The van der Waals surface area contributed by atoms with Crippen molar-refractivity contribution in [2.45, 2.75) is 18.8 Å². The van der Waals surface area contributed by atoms with Gasteiger partial charge in [-0.25, -0.2) is 4.79 Å². The van der Waals surface area contributed by atoms with E-state index < -0.39 is 0 Å². The molecule has 0 aliphatic rings. The van der Waals surface area contributed by atoms with Crippen molar-refractivity contribution in [1.29, 1.82) is 0 Å².